The molecule has 0 N–H and O–H groups in total. The Balaban J connectivity index is 0.000000106. The summed E-state index contributed by atoms with van der Waals surface area (Å²) in [7, 11) is 0. The molecule has 0 unspecified atom stereocenters. The van der Waals surface area contributed by atoms with E-state index in [4.69, 9.17) is 44.1 Å². The van der Waals surface area contributed by atoms with Gasteiger partial charge in [0.1, 0.15) is 34.0 Å². The summed E-state index contributed by atoms with van der Waals surface area (Å²) in [6, 6.07) is 142. The van der Waals surface area contributed by atoms with E-state index in [1.54, 1.807) is 0 Å². The minimum Gasteiger partial charge on any atom is -0.452 e. The average Bonchev–Trinajstić information content (AvgIpc) is 1.61. The highest BCUT2D eigenvalue weighted by Gasteiger charge is 2.32. The second-order valence-electron chi connectivity index (χ2n) is 30.0. The number of hydrogen-bond donors (Lipinski definition) is 0. The molecule has 3 aliphatic heterocycles. The normalized spacial score (nSPS) is 11.8. The van der Waals surface area contributed by atoms with E-state index in [1.165, 1.54) is 44.1 Å². The third kappa shape index (κ3) is 12.2. The zero-order valence-electron chi connectivity index (χ0n) is 65.0. The van der Waals surface area contributed by atoms with Crippen molar-refractivity contribution in [2.45, 2.75) is 0 Å². The fourth-order valence-electron chi connectivity index (χ4n) is 17.3. The van der Waals surface area contributed by atoms with Gasteiger partial charge in [0.05, 0.1) is 50.2 Å². The summed E-state index contributed by atoms with van der Waals surface area (Å²) >= 11 is 0. The number of para-hydroxylation sites is 8. The van der Waals surface area contributed by atoms with Crippen LogP contribution in [0.25, 0.3) is 190 Å². The lowest BCUT2D eigenvalue weighted by Gasteiger charge is -2.24. The Labute approximate surface area is 695 Å². The first kappa shape index (κ1) is 69.8. The van der Waals surface area contributed by atoms with Crippen molar-refractivity contribution in [3.63, 3.8) is 0 Å². The van der Waals surface area contributed by atoms with Crippen LogP contribution in [0.15, 0.2) is 413 Å². The molecule has 13 nitrogen and oxygen atoms in total. The molecule has 0 fully saturated rings. The molecule has 0 saturated carbocycles. The van der Waals surface area contributed by atoms with Crippen LogP contribution in [0.2, 0.25) is 0 Å². The van der Waals surface area contributed by atoms with Gasteiger partial charge in [-0.1, -0.05) is 309 Å². The van der Waals surface area contributed by atoms with Crippen molar-refractivity contribution in [3.05, 3.63) is 413 Å². The van der Waals surface area contributed by atoms with Gasteiger partial charge < -0.3 is 18.8 Å². The van der Waals surface area contributed by atoms with Gasteiger partial charge in [-0.05, 0) is 137 Å². The van der Waals surface area contributed by atoms with Gasteiger partial charge in [0.15, 0.2) is 52.0 Å². The lowest BCUT2D eigenvalue weighted by molar-refractivity contribution is 0.477. The van der Waals surface area contributed by atoms with Gasteiger partial charge in [0, 0.05) is 55.4 Å². The molecule has 8 heterocycles. The van der Waals surface area contributed by atoms with E-state index in [-0.39, 0.29) is 0 Å². The first-order valence-corrected chi connectivity index (χ1v) is 40.4. The maximum atomic E-state index is 6.71. The molecule has 5 aromatic heterocycles. The van der Waals surface area contributed by atoms with Gasteiger partial charge in [-0.25, -0.2) is 29.9 Å². The molecule has 0 amide bonds. The minimum absolute atomic E-state index is 0.543. The molecular formula is C108H68N10O3. The van der Waals surface area contributed by atoms with Crippen molar-refractivity contribution in [2.24, 2.45) is 0 Å². The molecule has 568 valence electrons. The number of nitrogens with zero attached hydrogens (tertiary/aromatic N) is 10. The monoisotopic (exact) mass is 1550 g/mol. The lowest BCUT2D eigenvalue weighted by atomic mass is 9.92. The topological polar surface area (TPSA) is 125 Å². The fourth-order valence-corrected chi connectivity index (χ4v) is 17.3. The van der Waals surface area contributed by atoms with E-state index in [2.05, 4.69) is 279 Å². The number of aromatic nitrogens is 10. The molecule has 0 aliphatic carbocycles. The third-order valence-corrected chi connectivity index (χ3v) is 22.8. The zero-order chi connectivity index (χ0) is 79.9. The number of imidazole rings is 3. The highest BCUT2D eigenvalue weighted by molar-refractivity contribution is 6.09. The molecule has 17 aromatic carbocycles. The van der Waals surface area contributed by atoms with E-state index in [0.29, 0.717) is 23.2 Å². The predicted molar refractivity (Wildman–Crippen MR) is 486 cm³/mol. The molecule has 0 spiro atoms. The Hall–Kier alpha value is -16.6. The molecule has 0 radical (unpaired) electrons. The Bertz CT molecular complexity index is 7300. The molecule has 0 atom stereocenters. The van der Waals surface area contributed by atoms with Crippen molar-refractivity contribution in [1.82, 2.24) is 48.2 Å². The van der Waals surface area contributed by atoms with Crippen molar-refractivity contribution in [2.75, 3.05) is 0 Å². The number of benzene rings is 17. The van der Waals surface area contributed by atoms with Crippen molar-refractivity contribution < 1.29 is 14.2 Å². The average molecular weight is 1550 g/mol. The van der Waals surface area contributed by atoms with Gasteiger partial charge in [-0.15, -0.1) is 0 Å². The SMILES string of the molecule is c1ccc(-c2cc(-c3ccccc3)cc(-c3cccc4c3Oc3cccc5nc(-c6ccccc6)n-4c35)c2)cc1.c1ccc(-c2nc(-c3ccccc3)nc(-c3cccc4c3Oc3cccc5nc(-c6ccccc6)n-4c35)n2)cc1.c1ccc(-c2nc3cccc4c3n2-c2cccc(-c3ccc(-n5c6ccccc6c6ccccc65)cc3)c2O4)cc1. The number of fused-ring (bicyclic) bond motifs is 9. The highest BCUT2D eigenvalue weighted by Crippen LogP contribution is 2.52. The summed E-state index contributed by atoms with van der Waals surface area (Å²) in [4.78, 5) is 29.8. The zero-order valence-corrected chi connectivity index (χ0v) is 65.0. The van der Waals surface area contributed by atoms with Crippen LogP contribution in [0, 0.1) is 0 Å². The molecular weight excluding hydrogens is 1490 g/mol. The first-order valence-electron chi connectivity index (χ1n) is 40.4. The summed E-state index contributed by atoms with van der Waals surface area (Å²) in [6.45, 7) is 0. The van der Waals surface area contributed by atoms with Crippen LogP contribution in [0.3, 0.4) is 0 Å². The second kappa shape index (κ2) is 29.3. The van der Waals surface area contributed by atoms with Crippen LogP contribution in [0.1, 0.15) is 0 Å². The minimum atomic E-state index is 0.543. The van der Waals surface area contributed by atoms with Crippen LogP contribution in [0.5, 0.6) is 34.5 Å². The summed E-state index contributed by atoms with van der Waals surface area (Å²) in [6.07, 6.45) is 0. The van der Waals surface area contributed by atoms with Crippen molar-refractivity contribution in [1.29, 1.82) is 0 Å². The quantitative estimate of drug-likeness (QED) is 0.124. The van der Waals surface area contributed by atoms with E-state index in [9.17, 15) is 0 Å². The van der Waals surface area contributed by atoms with E-state index in [0.717, 1.165) is 158 Å². The van der Waals surface area contributed by atoms with Crippen LogP contribution < -0.4 is 14.2 Å². The summed E-state index contributed by atoms with van der Waals surface area (Å²) < 4.78 is 29.0. The van der Waals surface area contributed by atoms with Crippen molar-refractivity contribution in [3.8, 4) is 170 Å². The molecule has 121 heavy (non-hydrogen) atoms. The maximum absolute atomic E-state index is 6.71. The Morgan fingerprint density at radius 1 is 0.190 bits per heavy atom. The molecule has 13 heteroatoms. The number of rotatable bonds is 11. The van der Waals surface area contributed by atoms with Crippen LogP contribution >= 0.6 is 0 Å². The summed E-state index contributed by atoms with van der Waals surface area (Å²) in [5.41, 5.74) is 26.9. The Morgan fingerprint density at radius 2 is 0.496 bits per heavy atom. The first-order chi connectivity index (χ1) is 60.0. The largest absolute Gasteiger partial charge is 0.452 e. The van der Waals surface area contributed by atoms with E-state index >= 15 is 0 Å². The highest BCUT2D eigenvalue weighted by atomic mass is 16.5. The third-order valence-electron chi connectivity index (χ3n) is 22.8. The standard InChI is InChI=1S/C37H23N3O.C37H24N2O.C34H21N5O/c1-2-10-25(11-3-1)37-38-30-15-9-19-34-35(30)40(37)33-18-8-14-27(36(33)41-34)24-20-22-26(23-21-24)39-31-16-6-4-12-28(31)29-13-5-7-17-32(29)39;1-4-12-25(13-5-1)28-22-29(26-14-6-2-7-15-26)24-30(23-28)31-18-10-20-33-36(31)40-34-21-11-19-32-35(34)39(33)37(38-32)27-16-8-3-9-17-27;1-4-12-22(13-5-1)31-36-32(23-14-6-2-7-15-23)38-33(37-31)25-18-10-20-27-30(25)40-28-21-11-19-26-29(28)39(27)34(35-26)24-16-8-3-9-17-24/h1-23H;1-24H;1-21H. The second-order valence-corrected chi connectivity index (χ2v) is 30.0. The van der Waals surface area contributed by atoms with Crippen LogP contribution in [-0.2, 0) is 0 Å². The molecule has 0 bridgehead atoms. The van der Waals surface area contributed by atoms with Crippen LogP contribution in [-0.4, -0.2) is 48.2 Å². The van der Waals surface area contributed by atoms with E-state index < -0.39 is 0 Å². The summed E-state index contributed by atoms with van der Waals surface area (Å²) in [5, 5.41) is 2.52. The van der Waals surface area contributed by atoms with Gasteiger partial charge >= 0.3 is 0 Å². The molecule has 22 aromatic rings. The van der Waals surface area contributed by atoms with Gasteiger partial charge in [0.25, 0.3) is 0 Å². The fraction of sp³-hybridized carbons (Fsp3) is 0. The van der Waals surface area contributed by atoms with Gasteiger partial charge in [-0.2, -0.15) is 0 Å². The molecule has 0 saturated heterocycles. The smallest absolute Gasteiger partial charge is 0.167 e. The van der Waals surface area contributed by atoms with Crippen LogP contribution in [0.4, 0.5) is 0 Å². The Kier molecular flexibility index (Phi) is 16.9. The Morgan fingerprint density at radius 3 is 0.884 bits per heavy atom. The van der Waals surface area contributed by atoms with E-state index in [1.807, 2.05) is 152 Å². The van der Waals surface area contributed by atoms with Crippen molar-refractivity contribution >= 4 is 54.9 Å². The van der Waals surface area contributed by atoms with Gasteiger partial charge in [0.2, 0.25) is 0 Å². The van der Waals surface area contributed by atoms with Gasteiger partial charge in [-0.3, -0.25) is 13.7 Å². The predicted octanol–water partition coefficient (Wildman–Crippen LogP) is 27.3. The molecule has 25 rings (SSSR count). The summed E-state index contributed by atoms with van der Waals surface area (Å²) in [5.74, 6) is 9.17. The number of ether oxygens (including phenoxy) is 3. The molecule has 3 aliphatic rings. The number of hydrogen-bond acceptors (Lipinski definition) is 9. The lowest BCUT2D eigenvalue weighted by Crippen LogP contribution is -2.08. The maximum Gasteiger partial charge on any atom is 0.167 e.